The topological polar surface area (TPSA) is 56.1 Å². The van der Waals surface area contributed by atoms with Crippen molar-refractivity contribution in [1.82, 2.24) is 14.9 Å². The van der Waals surface area contributed by atoms with Crippen LogP contribution in [0.1, 0.15) is 30.3 Å². The lowest BCUT2D eigenvalue weighted by Gasteiger charge is -2.18. The minimum Gasteiger partial charge on any atom is -0.481 e. The Balaban J connectivity index is 1.69. The highest BCUT2D eigenvalue weighted by Gasteiger charge is 2.18. The molecule has 1 atom stereocenters. The molecule has 0 aliphatic carbocycles. The lowest BCUT2D eigenvalue weighted by atomic mass is 10.1. The molecule has 1 aromatic heterocycles. The Bertz CT molecular complexity index is 917. The predicted molar refractivity (Wildman–Crippen MR) is 106 cm³/mol. The van der Waals surface area contributed by atoms with Crippen LogP contribution in [0.2, 0.25) is 0 Å². The molecule has 3 aromatic rings. The molecular formula is C22H25N3O2. The lowest BCUT2D eigenvalue weighted by molar-refractivity contribution is -0.128. The zero-order chi connectivity index (χ0) is 19.2. The van der Waals surface area contributed by atoms with Crippen LogP contribution in [0, 0.1) is 13.8 Å². The lowest BCUT2D eigenvalue weighted by Crippen LogP contribution is -2.37. The first-order valence-electron chi connectivity index (χ1n) is 9.17. The molecule has 1 amide bonds. The van der Waals surface area contributed by atoms with E-state index in [2.05, 4.69) is 10.3 Å². The maximum Gasteiger partial charge on any atom is 0.261 e. The van der Waals surface area contributed by atoms with E-state index >= 15 is 0 Å². The van der Waals surface area contributed by atoms with Crippen LogP contribution in [0.4, 0.5) is 0 Å². The van der Waals surface area contributed by atoms with Gasteiger partial charge in [-0.3, -0.25) is 4.79 Å². The Kier molecular flexibility index (Phi) is 5.91. The van der Waals surface area contributed by atoms with Crippen LogP contribution in [0.5, 0.6) is 5.75 Å². The maximum atomic E-state index is 12.6. The summed E-state index contributed by atoms with van der Waals surface area (Å²) in [5, 5.41) is 3.01. The first kappa shape index (κ1) is 18.7. The van der Waals surface area contributed by atoms with E-state index in [0.29, 0.717) is 18.7 Å². The van der Waals surface area contributed by atoms with E-state index in [9.17, 15) is 4.79 Å². The van der Waals surface area contributed by atoms with Gasteiger partial charge in [0.25, 0.3) is 5.91 Å². The highest BCUT2D eigenvalue weighted by molar-refractivity contribution is 5.81. The first-order chi connectivity index (χ1) is 13.1. The van der Waals surface area contributed by atoms with E-state index in [1.807, 2.05) is 80.1 Å². The summed E-state index contributed by atoms with van der Waals surface area (Å²) in [4.78, 5) is 16.9. The van der Waals surface area contributed by atoms with Crippen molar-refractivity contribution in [3.05, 3.63) is 77.9 Å². The van der Waals surface area contributed by atoms with E-state index in [0.717, 1.165) is 22.6 Å². The van der Waals surface area contributed by atoms with Gasteiger partial charge in [0.2, 0.25) is 0 Å². The van der Waals surface area contributed by atoms with Crippen molar-refractivity contribution >= 4 is 5.91 Å². The molecular weight excluding hydrogens is 338 g/mol. The van der Waals surface area contributed by atoms with Gasteiger partial charge >= 0.3 is 0 Å². The maximum absolute atomic E-state index is 12.6. The zero-order valence-corrected chi connectivity index (χ0v) is 16.0. The molecule has 3 rings (SSSR count). The number of rotatable bonds is 7. The monoisotopic (exact) mass is 363 g/mol. The number of hydrogen-bond donors (Lipinski definition) is 1. The molecule has 0 aliphatic rings. The fraction of sp³-hybridized carbons (Fsp3) is 0.273. The highest BCUT2D eigenvalue weighted by Crippen LogP contribution is 2.17. The van der Waals surface area contributed by atoms with Crippen molar-refractivity contribution < 1.29 is 9.53 Å². The SMILES string of the molecule is CCC(Oc1cccc(C)c1)C(=O)NCc1ccccc1-n1ccnc1C. The van der Waals surface area contributed by atoms with Crippen molar-refractivity contribution in [3.8, 4) is 11.4 Å². The summed E-state index contributed by atoms with van der Waals surface area (Å²) in [5.41, 5.74) is 3.14. The van der Waals surface area contributed by atoms with Gasteiger partial charge in [0.15, 0.2) is 6.10 Å². The van der Waals surface area contributed by atoms with E-state index in [1.54, 1.807) is 6.20 Å². The third kappa shape index (κ3) is 4.56. The van der Waals surface area contributed by atoms with Gasteiger partial charge in [-0.25, -0.2) is 4.98 Å². The second kappa shape index (κ2) is 8.54. The second-order valence-corrected chi connectivity index (χ2v) is 6.52. The number of nitrogens with zero attached hydrogens (tertiary/aromatic N) is 2. The van der Waals surface area contributed by atoms with Gasteiger partial charge in [0, 0.05) is 18.9 Å². The Morgan fingerprint density at radius 3 is 2.70 bits per heavy atom. The minimum atomic E-state index is -0.519. The summed E-state index contributed by atoms with van der Waals surface area (Å²) >= 11 is 0. The summed E-state index contributed by atoms with van der Waals surface area (Å²) < 4.78 is 7.90. The summed E-state index contributed by atoms with van der Waals surface area (Å²) in [6.07, 6.45) is 3.77. The number of amides is 1. The molecule has 5 heteroatoms. The average molecular weight is 363 g/mol. The number of aromatic nitrogens is 2. The van der Waals surface area contributed by atoms with Crippen molar-refractivity contribution in [2.45, 2.75) is 39.8 Å². The fourth-order valence-corrected chi connectivity index (χ4v) is 3.00. The highest BCUT2D eigenvalue weighted by atomic mass is 16.5. The van der Waals surface area contributed by atoms with Gasteiger partial charge < -0.3 is 14.6 Å². The number of nitrogens with one attached hydrogen (secondary N) is 1. The molecule has 1 N–H and O–H groups in total. The van der Waals surface area contributed by atoms with Crippen molar-refractivity contribution in [1.29, 1.82) is 0 Å². The standard InChI is InChI=1S/C22H25N3O2/c1-4-21(27-19-10-7-8-16(2)14-19)22(26)24-15-18-9-5-6-11-20(18)25-13-12-23-17(25)3/h5-14,21H,4,15H2,1-3H3,(H,24,26). The normalized spacial score (nSPS) is 11.8. The second-order valence-electron chi connectivity index (χ2n) is 6.52. The molecule has 1 unspecified atom stereocenters. The van der Waals surface area contributed by atoms with Crippen molar-refractivity contribution in [3.63, 3.8) is 0 Å². The summed E-state index contributed by atoms with van der Waals surface area (Å²) in [5.74, 6) is 1.51. The van der Waals surface area contributed by atoms with Crippen LogP contribution in [0.15, 0.2) is 60.9 Å². The summed E-state index contributed by atoms with van der Waals surface area (Å²) in [7, 11) is 0. The van der Waals surface area contributed by atoms with Crippen molar-refractivity contribution in [2.75, 3.05) is 0 Å². The molecule has 27 heavy (non-hydrogen) atoms. The molecule has 0 bridgehead atoms. The third-order valence-corrected chi connectivity index (χ3v) is 4.46. The largest absolute Gasteiger partial charge is 0.481 e. The van der Waals surface area contributed by atoms with Gasteiger partial charge in [-0.05, 0) is 49.6 Å². The number of carbonyl (C=O) groups excluding carboxylic acids is 1. The number of imidazole rings is 1. The van der Waals surface area contributed by atoms with Gasteiger partial charge in [0.05, 0.1) is 5.69 Å². The molecule has 140 valence electrons. The number of aryl methyl sites for hydroxylation is 2. The zero-order valence-electron chi connectivity index (χ0n) is 16.0. The molecule has 5 nitrogen and oxygen atoms in total. The number of hydrogen-bond acceptors (Lipinski definition) is 3. The third-order valence-electron chi connectivity index (χ3n) is 4.46. The summed E-state index contributed by atoms with van der Waals surface area (Å²) in [6.45, 7) is 6.34. The van der Waals surface area contributed by atoms with E-state index in [-0.39, 0.29) is 5.91 Å². The van der Waals surface area contributed by atoms with Gasteiger partial charge in [-0.2, -0.15) is 0 Å². The van der Waals surface area contributed by atoms with E-state index in [1.165, 1.54) is 0 Å². The molecule has 0 radical (unpaired) electrons. The molecule has 0 saturated heterocycles. The number of carbonyl (C=O) groups is 1. The Morgan fingerprint density at radius 2 is 2.00 bits per heavy atom. The van der Waals surface area contributed by atoms with Crippen LogP contribution < -0.4 is 10.1 Å². The van der Waals surface area contributed by atoms with Crippen LogP contribution in [-0.2, 0) is 11.3 Å². The Hall–Kier alpha value is -3.08. The molecule has 1 heterocycles. The van der Waals surface area contributed by atoms with E-state index in [4.69, 9.17) is 4.74 Å². The molecule has 0 aliphatic heterocycles. The van der Waals surface area contributed by atoms with Gasteiger partial charge in [0.1, 0.15) is 11.6 Å². The van der Waals surface area contributed by atoms with Crippen LogP contribution in [-0.4, -0.2) is 21.6 Å². The molecule has 0 fully saturated rings. The van der Waals surface area contributed by atoms with Gasteiger partial charge in [-0.1, -0.05) is 37.3 Å². The minimum absolute atomic E-state index is 0.115. The predicted octanol–water partition coefficient (Wildman–Crippen LogP) is 3.96. The van der Waals surface area contributed by atoms with E-state index < -0.39 is 6.10 Å². The first-order valence-corrected chi connectivity index (χ1v) is 9.17. The van der Waals surface area contributed by atoms with Crippen LogP contribution in [0.25, 0.3) is 5.69 Å². The summed E-state index contributed by atoms with van der Waals surface area (Å²) in [6, 6.07) is 15.7. The number of benzene rings is 2. The molecule has 0 saturated carbocycles. The Labute approximate surface area is 160 Å². The number of ether oxygens (including phenoxy) is 1. The molecule has 2 aromatic carbocycles. The Morgan fingerprint density at radius 1 is 1.19 bits per heavy atom. The van der Waals surface area contributed by atoms with Crippen LogP contribution >= 0.6 is 0 Å². The fourth-order valence-electron chi connectivity index (χ4n) is 3.00. The van der Waals surface area contributed by atoms with Gasteiger partial charge in [-0.15, -0.1) is 0 Å². The van der Waals surface area contributed by atoms with Crippen LogP contribution in [0.3, 0.4) is 0 Å². The molecule has 0 spiro atoms. The quantitative estimate of drug-likeness (QED) is 0.691. The smallest absolute Gasteiger partial charge is 0.261 e. The number of para-hydroxylation sites is 1. The average Bonchev–Trinajstić information content (AvgIpc) is 3.10. The van der Waals surface area contributed by atoms with Crippen molar-refractivity contribution in [2.24, 2.45) is 0 Å².